The van der Waals surface area contributed by atoms with Gasteiger partial charge in [0.2, 0.25) is 0 Å². The summed E-state index contributed by atoms with van der Waals surface area (Å²) < 4.78 is 22.1. The van der Waals surface area contributed by atoms with Crippen LogP contribution in [0.5, 0.6) is 0 Å². The number of sulfone groups is 1. The van der Waals surface area contributed by atoms with Crippen LogP contribution in [0.2, 0.25) is 0 Å². The molecule has 0 N–H and O–H groups in total. The summed E-state index contributed by atoms with van der Waals surface area (Å²) in [5.41, 5.74) is 0. The van der Waals surface area contributed by atoms with Crippen LogP contribution in [0.4, 0.5) is 0 Å². The monoisotopic (exact) mass is 207 g/mol. The number of hydrogen-bond acceptors (Lipinski definition) is 4. The van der Waals surface area contributed by atoms with Crippen LogP contribution in [0.1, 0.15) is 26.2 Å². The highest BCUT2D eigenvalue weighted by Gasteiger charge is 2.17. The van der Waals surface area contributed by atoms with Crippen LogP contribution in [0.25, 0.3) is 0 Å². The van der Waals surface area contributed by atoms with Gasteiger partial charge in [0, 0.05) is 6.26 Å². The Morgan fingerprint density at radius 3 is 2.50 bits per heavy atom. The SMILES string of the molecule is CCCC[C@@H](N=C=S)S(C)(=O)=O. The van der Waals surface area contributed by atoms with Crippen LogP contribution in [0, 0.1) is 0 Å². The Hall–Kier alpha value is -0.250. The van der Waals surface area contributed by atoms with Crippen molar-refractivity contribution in [2.45, 2.75) is 31.6 Å². The van der Waals surface area contributed by atoms with Crippen LogP contribution in [-0.4, -0.2) is 25.2 Å². The molecule has 0 aromatic rings. The van der Waals surface area contributed by atoms with E-state index in [0.29, 0.717) is 6.42 Å². The minimum Gasteiger partial charge on any atom is -0.227 e. The van der Waals surface area contributed by atoms with E-state index in [4.69, 9.17) is 0 Å². The third-order valence-corrected chi connectivity index (χ3v) is 2.93. The molecule has 0 aliphatic rings. The van der Waals surface area contributed by atoms with Crippen molar-refractivity contribution >= 4 is 27.2 Å². The highest BCUT2D eigenvalue weighted by molar-refractivity contribution is 7.91. The Kier molecular flexibility index (Phi) is 5.29. The number of unbranched alkanes of at least 4 members (excludes halogenated alkanes) is 1. The first-order valence-corrected chi connectivity index (χ1v) is 6.14. The van der Waals surface area contributed by atoms with Crippen LogP contribution in [-0.2, 0) is 9.84 Å². The quantitative estimate of drug-likeness (QED) is 0.508. The molecule has 0 spiro atoms. The Morgan fingerprint density at radius 1 is 1.58 bits per heavy atom. The van der Waals surface area contributed by atoms with E-state index in [2.05, 4.69) is 22.4 Å². The zero-order chi connectivity index (χ0) is 9.61. The first-order valence-electron chi connectivity index (χ1n) is 3.78. The van der Waals surface area contributed by atoms with Crippen molar-refractivity contribution in [3.05, 3.63) is 0 Å². The van der Waals surface area contributed by atoms with Gasteiger partial charge in [0.25, 0.3) is 0 Å². The van der Waals surface area contributed by atoms with Gasteiger partial charge in [-0.05, 0) is 18.6 Å². The van der Waals surface area contributed by atoms with Crippen LogP contribution in [0.3, 0.4) is 0 Å². The minimum atomic E-state index is -3.10. The first-order chi connectivity index (χ1) is 5.52. The van der Waals surface area contributed by atoms with Gasteiger partial charge in [-0.1, -0.05) is 19.8 Å². The number of hydrogen-bond donors (Lipinski definition) is 0. The molecule has 0 heterocycles. The lowest BCUT2D eigenvalue weighted by molar-refractivity contribution is 0.574. The molecular formula is C7H13NO2S2. The normalized spacial score (nSPS) is 13.5. The van der Waals surface area contributed by atoms with Gasteiger partial charge < -0.3 is 0 Å². The molecule has 0 aliphatic carbocycles. The Bertz CT molecular complexity index is 265. The molecule has 0 bridgehead atoms. The Labute approximate surface area is 78.8 Å². The second-order valence-electron chi connectivity index (χ2n) is 2.65. The molecule has 0 saturated carbocycles. The number of thiocarbonyl (C=S) groups is 1. The number of aliphatic imine (C=N–C) groups is 1. The predicted molar refractivity (Wildman–Crippen MR) is 53.2 cm³/mol. The Balaban J connectivity index is 4.35. The number of isothiocyanates is 1. The molecule has 12 heavy (non-hydrogen) atoms. The van der Waals surface area contributed by atoms with Crippen molar-refractivity contribution in [1.29, 1.82) is 0 Å². The summed E-state index contributed by atoms with van der Waals surface area (Å²) >= 11 is 4.37. The molecule has 70 valence electrons. The van der Waals surface area contributed by atoms with E-state index < -0.39 is 15.2 Å². The molecular weight excluding hydrogens is 194 g/mol. The second-order valence-corrected chi connectivity index (χ2v) is 5.03. The highest BCUT2D eigenvalue weighted by Crippen LogP contribution is 2.09. The molecule has 0 aromatic heterocycles. The van der Waals surface area contributed by atoms with Gasteiger partial charge in [0.15, 0.2) is 15.2 Å². The Morgan fingerprint density at radius 2 is 2.17 bits per heavy atom. The third kappa shape index (κ3) is 4.59. The molecule has 0 rings (SSSR count). The van der Waals surface area contributed by atoms with Gasteiger partial charge in [0.05, 0.1) is 5.16 Å². The maximum absolute atomic E-state index is 11.0. The topological polar surface area (TPSA) is 46.5 Å². The standard InChI is InChI=1S/C7H13NO2S2/c1-3-4-5-7(8-6-11)12(2,9)10/h7H,3-5H2,1-2H3/t7-/m0/s1. The average Bonchev–Trinajstić information content (AvgIpc) is 1.95. The predicted octanol–water partition coefficient (Wildman–Crippen LogP) is 1.65. The summed E-state index contributed by atoms with van der Waals surface area (Å²) in [4.78, 5) is 3.61. The maximum Gasteiger partial charge on any atom is 0.171 e. The summed E-state index contributed by atoms with van der Waals surface area (Å²) in [7, 11) is -3.10. The van der Waals surface area contributed by atoms with E-state index in [1.807, 2.05) is 6.92 Å². The average molecular weight is 207 g/mol. The van der Waals surface area contributed by atoms with Crippen LogP contribution in [0.15, 0.2) is 4.99 Å². The molecule has 0 unspecified atom stereocenters. The van der Waals surface area contributed by atoms with E-state index in [1.165, 1.54) is 6.26 Å². The lowest BCUT2D eigenvalue weighted by atomic mass is 10.2. The maximum atomic E-state index is 11.0. The molecule has 0 aromatic carbocycles. The van der Waals surface area contributed by atoms with Crippen molar-refractivity contribution in [2.75, 3.05) is 6.26 Å². The van der Waals surface area contributed by atoms with E-state index in [-0.39, 0.29) is 0 Å². The van der Waals surface area contributed by atoms with Crippen molar-refractivity contribution in [1.82, 2.24) is 0 Å². The molecule has 0 fully saturated rings. The molecule has 3 nitrogen and oxygen atoms in total. The fraction of sp³-hybridized carbons (Fsp3) is 0.857. The summed E-state index contributed by atoms with van der Waals surface area (Å²) in [6.07, 6.45) is 3.51. The first kappa shape index (κ1) is 11.8. The smallest absolute Gasteiger partial charge is 0.171 e. The largest absolute Gasteiger partial charge is 0.227 e. The van der Waals surface area contributed by atoms with Gasteiger partial charge in [0.1, 0.15) is 0 Å². The van der Waals surface area contributed by atoms with Crippen molar-refractivity contribution in [3.63, 3.8) is 0 Å². The zero-order valence-corrected chi connectivity index (χ0v) is 8.91. The fourth-order valence-electron chi connectivity index (χ4n) is 0.812. The molecule has 0 amide bonds. The van der Waals surface area contributed by atoms with Gasteiger partial charge in [-0.3, -0.25) is 0 Å². The molecule has 0 radical (unpaired) electrons. The van der Waals surface area contributed by atoms with Gasteiger partial charge in [-0.25, -0.2) is 13.4 Å². The van der Waals surface area contributed by atoms with Crippen LogP contribution >= 0.6 is 12.2 Å². The van der Waals surface area contributed by atoms with Crippen LogP contribution < -0.4 is 0 Å². The molecule has 5 heteroatoms. The fourth-order valence-corrected chi connectivity index (χ4v) is 1.84. The minimum absolute atomic E-state index is 0.541. The van der Waals surface area contributed by atoms with Crippen molar-refractivity contribution in [2.24, 2.45) is 4.99 Å². The van der Waals surface area contributed by atoms with Gasteiger partial charge in [-0.2, -0.15) is 0 Å². The molecule has 1 atom stereocenters. The van der Waals surface area contributed by atoms with E-state index in [0.717, 1.165) is 12.8 Å². The van der Waals surface area contributed by atoms with Crippen molar-refractivity contribution in [3.8, 4) is 0 Å². The van der Waals surface area contributed by atoms with Crippen molar-refractivity contribution < 1.29 is 8.42 Å². The third-order valence-electron chi connectivity index (χ3n) is 1.50. The van der Waals surface area contributed by atoms with Gasteiger partial charge in [-0.15, -0.1) is 0 Å². The highest BCUT2D eigenvalue weighted by atomic mass is 32.2. The lowest BCUT2D eigenvalue weighted by Gasteiger charge is -2.06. The lowest BCUT2D eigenvalue weighted by Crippen LogP contribution is -2.16. The van der Waals surface area contributed by atoms with E-state index in [9.17, 15) is 8.42 Å². The van der Waals surface area contributed by atoms with Gasteiger partial charge >= 0.3 is 0 Å². The summed E-state index contributed by atoms with van der Waals surface area (Å²) in [6.45, 7) is 2.00. The van der Waals surface area contributed by atoms with E-state index in [1.54, 1.807) is 0 Å². The zero-order valence-electron chi connectivity index (χ0n) is 7.28. The summed E-state index contributed by atoms with van der Waals surface area (Å²) in [5.74, 6) is 0. The molecule has 0 aliphatic heterocycles. The number of nitrogens with zero attached hydrogens (tertiary/aromatic N) is 1. The number of rotatable bonds is 5. The summed E-state index contributed by atoms with van der Waals surface area (Å²) in [6, 6.07) is 0. The summed E-state index contributed by atoms with van der Waals surface area (Å²) in [5, 5.41) is 1.43. The van der Waals surface area contributed by atoms with E-state index >= 15 is 0 Å². The second kappa shape index (κ2) is 5.41. The molecule has 0 saturated heterocycles.